The molecule has 4 heterocycles. The highest BCUT2D eigenvalue weighted by Crippen LogP contribution is 2.37. The number of nitrogens with zero attached hydrogens (tertiary/aromatic N) is 6. The number of sulfonamides is 2. The molecule has 8 aromatic rings. The van der Waals surface area contributed by atoms with E-state index in [4.69, 9.17) is 5.73 Å². The van der Waals surface area contributed by atoms with Crippen molar-refractivity contribution < 1.29 is 61.5 Å². The first kappa shape index (κ1) is 68.5. The number of fused-ring (bicyclic) bond motifs is 2. The third-order valence-corrected chi connectivity index (χ3v) is 16.9. The summed E-state index contributed by atoms with van der Waals surface area (Å²) in [6.45, 7) is 10.2. The zero-order chi connectivity index (χ0) is 66.3. The third kappa shape index (κ3) is 18.4. The zero-order valence-electron chi connectivity index (χ0n) is 51.0. The van der Waals surface area contributed by atoms with Gasteiger partial charge in [0.1, 0.15) is 23.3 Å². The predicted molar refractivity (Wildman–Crippen MR) is 337 cm³/mol. The van der Waals surface area contributed by atoms with E-state index >= 15 is 0 Å². The van der Waals surface area contributed by atoms with Crippen LogP contribution in [0.1, 0.15) is 124 Å². The third-order valence-electron chi connectivity index (χ3n) is 15.7. The summed E-state index contributed by atoms with van der Waals surface area (Å²) in [5, 5.41) is 3.52. The Morgan fingerprint density at radius 2 is 0.956 bits per heavy atom. The summed E-state index contributed by atoms with van der Waals surface area (Å²) in [6.07, 6.45) is -2.30. The number of amides is 1. The molecule has 484 valence electrons. The average Bonchev–Trinajstić information content (AvgIpc) is 0.810. The van der Waals surface area contributed by atoms with Crippen LogP contribution in [0.25, 0.3) is 21.8 Å². The van der Waals surface area contributed by atoms with Gasteiger partial charge in [-0.05, 0) is 168 Å². The van der Waals surface area contributed by atoms with Gasteiger partial charge in [-0.2, -0.15) is 26.3 Å². The minimum Gasteiger partial charge on any atom is -0.356 e. The van der Waals surface area contributed by atoms with Crippen molar-refractivity contribution in [1.82, 2.24) is 25.3 Å². The number of carbonyl (C=O) groups excluding carboxylic acids is 2. The number of nitrogens with one attached hydrogen (secondary N) is 3. The fourth-order valence-corrected chi connectivity index (χ4v) is 12.2. The molecule has 2 aliphatic rings. The Labute approximate surface area is 523 Å². The van der Waals surface area contributed by atoms with Crippen LogP contribution in [-0.4, -0.2) is 87.2 Å². The highest BCUT2D eigenvalue weighted by Gasteiger charge is 2.38. The fraction of sp³-hybridized carbons (Fsp3) is 0.354. The first-order chi connectivity index (χ1) is 42.7. The van der Waals surface area contributed by atoms with Crippen LogP contribution in [-0.2, 0) is 45.2 Å². The number of hydrogen-bond acceptors (Lipinski definition) is 13. The van der Waals surface area contributed by atoms with Gasteiger partial charge in [0, 0.05) is 65.2 Å². The smallest absolute Gasteiger partial charge is 0.356 e. The van der Waals surface area contributed by atoms with Gasteiger partial charge >= 0.3 is 12.4 Å². The molecule has 0 saturated carbocycles. The summed E-state index contributed by atoms with van der Waals surface area (Å²) in [4.78, 5) is 44.0. The molecule has 26 heteroatoms. The number of aromatic nitrogens is 4. The van der Waals surface area contributed by atoms with Crippen molar-refractivity contribution in [2.75, 3.05) is 57.9 Å². The van der Waals surface area contributed by atoms with Crippen molar-refractivity contribution in [2.45, 2.75) is 97.6 Å². The van der Waals surface area contributed by atoms with Gasteiger partial charge in [-0.1, -0.05) is 60.7 Å². The van der Waals surface area contributed by atoms with Crippen LogP contribution >= 0.6 is 0 Å². The Morgan fingerprint density at radius 1 is 0.571 bits per heavy atom. The lowest BCUT2D eigenvalue weighted by atomic mass is 9.90. The fourth-order valence-electron chi connectivity index (χ4n) is 11.0. The first-order valence-electron chi connectivity index (χ1n) is 29.2. The summed E-state index contributed by atoms with van der Waals surface area (Å²) in [5.41, 5.74) is 10.8. The molecule has 10 rings (SSSR count). The van der Waals surface area contributed by atoms with Crippen molar-refractivity contribution >= 4 is 76.6 Å². The number of alkyl halides is 6. The molecule has 0 unspecified atom stereocenters. The molecule has 2 fully saturated rings. The van der Waals surface area contributed by atoms with Gasteiger partial charge in [0.15, 0.2) is 5.78 Å². The van der Waals surface area contributed by atoms with Crippen LogP contribution in [0.4, 0.5) is 58.1 Å². The van der Waals surface area contributed by atoms with Crippen LogP contribution in [0.5, 0.6) is 0 Å². The van der Waals surface area contributed by atoms with E-state index in [0.717, 1.165) is 63.2 Å². The van der Waals surface area contributed by atoms with Gasteiger partial charge in [0.05, 0.1) is 41.0 Å². The number of halogens is 8. The molecule has 0 bridgehead atoms. The van der Waals surface area contributed by atoms with E-state index < -0.39 is 73.7 Å². The molecule has 2 aliphatic heterocycles. The van der Waals surface area contributed by atoms with Crippen molar-refractivity contribution in [3.63, 3.8) is 0 Å². The van der Waals surface area contributed by atoms with Gasteiger partial charge in [-0.25, -0.2) is 45.6 Å². The second-order valence-corrected chi connectivity index (χ2v) is 26.6. The molecular formula is C65H70F8N10O6S2. The number of ketones is 1. The summed E-state index contributed by atoms with van der Waals surface area (Å²) < 4.78 is 160. The quantitative estimate of drug-likeness (QED) is 0.0555. The summed E-state index contributed by atoms with van der Waals surface area (Å²) in [5.74, 6) is -3.12. The lowest BCUT2D eigenvalue weighted by Gasteiger charge is -2.33. The highest BCUT2D eigenvalue weighted by atomic mass is 32.2. The zero-order valence-corrected chi connectivity index (χ0v) is 52.6. The van der Waals surface area contributed by atoms with E-state index in [2.05, 4.69) is 59.0 Å². The van der Waals surface area contributed by atoms with Gasteiger partial charge in [0.2, 0.25) is 31.7 Å². The van der Waals surface area contributed by atoms with Crippen molar-refractivity contribution in [3.8, 4) is 0 Å². The van der Waals surface area contributed by atoms with Gasteiger partial charge in [0.25, 0.3) is 5.91 Å². The Bertz CT molecular complexity index is 4170. The molecule has 0 spiro atoms. The molecule has 2 saturated heterocycles. The largest absolute Gasteiger partial charge is 0.451 e. The number of anilines is 4. The summed E-state index contributed by atoms with van der Waals surface area (Å²) in [6, 6.07) is 33.0. The Kier molecular flexibility index (Phi) is 21.4. The van der Waals surface area contributed by atoms with Crippen LogP contribution < -0.4 is 30.3 Å². The molecular weight excluding hydrogens is 1230 g/mol. The second kappa shape index (κ2) is 28.4. The van der Waals surface area contributed by atoms with Gasteiger partial charge < -0.3 is 20.9 Å². The van der Waals surface area contributed by atoms with Crippen LogP contribution in [0.3, 0.4) is 0 Å². The Balaban J connectivity index is 0.000000198. The van der Waals surface area contributed by atoms with Gasteiger partial charge in [-0.3, -0.25) is 19.0 Å². The number of benzene rings is 6. The number of rotatable bonds is 15. The SMILES string of the molecule is CC(=O)c1ccc2nc(C(F)(F)F)nc(N3CCC(Cc4ccccc4)CC3)c2c1.Cc1cc([C@@H](C)N)c(F)cc1NS(C)(=O)=O.Cc1cc([C@@H](C)NC(=O)c2ccc3nc(C(F)(F)F)nc(N4CCC(Cc5ccccc5)CC4)c3c2)c(F)cc1NS(C)(=O)=O. The van der Waals surface area contributed by atoms with E-state index in [9.17, 15) is 61.5 Å². The van der Waals surface area contributed by atoms with Crippen molar-refractivity contribution in [3.05, 3.63) is 189 Å². The average molecular weight is 1300 g/mol. The molecule has 91 heavy (non-hydrogen) atoms. The monoisotopic (exact) mass is 1300 g/mol. The minimum absolute atomic E-state index is 0.0546. The predicted octanol–water partition coefficient (Wildman–Crippen LogP) is 13.3. The van der Waals surface area contributed by atoms with E-state index in [1.165, 1.54) is 54.4 Å². The highest BCUT2D eigenvalue weighted by molar-refractivity contribution is 7.92. The standard InChI is InChI=1S/C32H33F4N5O3S.C23H22F3N3O.C10H15FN2O2S/c1-19-15-24(26(33)18-28(19)40-45(3,43)44)20(2)37-30(42)23-9-10-27-25(17-23)29(39-31(38-27)32(34,35)36)41-13-11-22(12-14-41)16-21-7-5-4-6-8-21;1-15(30)18-7-8-20-19(14-18)21(28-22(27-20)23(24,25)26)29-11-9-17(10-12-29)13-16-5-3-2-4-6-16;1-6-4-8(7(2)12)9(11)5-10(6)13-16(3,14)15/h4-10,15,17-18,20,22,40H,11-14,16H2,1-3H3,(H,37,42);2-8,14,17H,9-13H2,1H3;4-5,7,13H,12H2,1-3H3/t20-;;7-/m1.1/s1. The van der Waals surface area contributed by atoms with Gasteiger partial charge in [-0.15, -0.1) is 0 Å². The van der Waals surface area contributed by atoms with E-state index in [0.29, 0.717) is 71.0 Å². The van der Waals surface area contributed by atoms with E-state index in [1.807, 2.05) is 46.2 Å². The van der Waals surface area contributed by atoms with E-state index in [1.54, 1.807) is 39.8 Å². The molecule has 1 amide bonds. The van der Waals surface area contributed by atoms with Crippen LogP contribution in [0.2, 0.25) is 0 Å². The summed E-state index contributed by atoms with van der Waals surface area (Å²) in [7, 11) is -7.02. The first-order valence-corrected chi connectivity index (χ1v) is 33.0. The topological polar surface area (TPSA) is 223 Å². The number of carbonyl (C=O) groups is 2. The van der Waals surface area contributed by atoms with Crippen LogP contribution in [0.15, 0.2) is 121 Å². The van der Waals surface area contributed by atoms with Crippen molar-refractivity contribution in [2.24, 2.45) is 17.6 Å². The molecule has 0 radical (unpaired) electrons. The Hall–Kier alpha value is -8.36. The number of piperidine rings is 2. The maximum atomic E-state index is 15.0. The molecule has 2 atom stereocenters. The lowest BCUT2D eigenvalue weighted by molar-refractivity contribution is -0.145. The number of aryl methyl sites for hydroxylation is 2. The van der Waals surface area contributed by atoms with Crippen LogP contribution in [0, 0.1) is 37.3 Å². The molecule has 16 nitrogen and oxygen atoms in total. The van der Waals surface area contributed by atoms with E-state index in [-0.39, 0.29) is 51.0 Å². The molecule has 6 aromatic carbocycles. The number of nitrogens with two attached hydrogens (primary N) is 1. The second-order valence-electron chi connectivity index (χ2n) is 23.1. The molecule has 2 aromatic heterocycles. The summed E-state index contributed by atoms with van der Waals surface area (Å²) >= 11 is 0. The Morgan fingerprint density at radius 3 is 1.34 bits per heavy atom. The normalized spacial score (nSPS) is 15.0. The number of Topliss-reactive ketones (excluding diaryl/α,β-unsaturated/α-hetero) is 1. The minimum atomic E-state index is -4.76. The molecule has 5 N–H and O–H groups in total. The molecule has 0 aliphatic carbocycles. The lowest BCUT2D eigenvalue weighted by Crippen LogP contribution is -2.35. The number of hydrogen-bond donors (Lipinski definition) is 4. The maximum absolute atomic E-state index is 15.0. The van der Waals surface area contributed by atoms with Crippen molar-refractivity contribution in [1.29, 1.82) is 0 Å². The maximum Gasteiger partial charge on any atom is 0.451 e.